The Hall–Kier alpha value is -3.55. The summed E-state index contributed by atoms with van der Waals surface area (Å²) in [5.41, 5.74) is 5.18. The van der Waals surface area contributed by atoms with Crippen LogP contribution in [0.2, 0.25) is 0 Å². The maximum atomic E-state index is 13.2. The van der Waals surface area contributed by atoms with Crippen LogP contribution in [0.25, 0.3) is 11.3 Å². The molecule has 4 rings (SSSR count). The Bertz CT molecular complexity index is 1300. The summed E-state index contributed by atoms with van der Waals surface area (Å²) in [5, 5.41) is 12.1. The Kier molecular flexibility index (Phi) is 9.62. The number of aromatic nitrogens is 1. The molecular weight excluding hydrogens is 499 g/mol. The quantitative estimate of drug-likeness (QED) is 0.193. The van der Waals surface area contributed by atoms with E-state index < -0.39 is 5.97 Å². The van der Waals surface area contributed by atoms with Gasteiger partial charge in [0.1, 0.15) is 23.2 Å². The molecule has 0 spiro atoms. The fourth-order valence-electron chi connectivity index (χ4n) is 4.45. The maximum Gasteiger partial charge on any atom is 0.317 e. The number of benzene rings is 3. The molecule has 5 nitrogen and oxygen atoms in total. The van der Waals surface area contributed by atoms with Crippen molar-refractivity contribution in [1.82, 2.24) is 9.88 Å². The molecule has 0 atom stereocenters. The van der Waals surface area contributed by atoms with Gasteiger partial charge in [0.15, 0.2) is 0 Å². The molecule has 0 fully saturated rings. The van der Waals surface area contributed by atoms with Gasteiger partial charge in [0.05, 0.1) is 18.8 Å². The molecule has 1 aromatic heterocycles. The number of carbonyl (C=O) groups is 1. The molecule has 0 unspecified atom stereocenters. The van der Waals surface area contributed by atoms with Gasteiger partial charge in [-0.3, -0.25) is 9.69 Å². The first-order valence-corrected chi connectivity index (χ1v) is 13.8. The second-order valence-corrected chi connectivity index (χ2v) is 10.3. The number of thiazole rings is 1. The minimum atomic E-state index is -0.915. The van der Waals surface area contributed by atoms with E-state index >= 15 is 0 Å². The molecule has 7 heteroatoms. The molecule has 0 aliphatic carbocycles. The smallest absolute Gasteiger partial charge is 0.317 e. The van der Waals surface area contributed by atoms with E-state index in [0.717, 1.165) is 46.0 Å². The van der Waals surface area contributed by atoms with Crippen LogP contribution in [-0.2, 0) is 24.5 Å². The van der Waals surface area contributed by atoms with E-state index in [0.29, 0.717) is 25.6 Å². The van der Waals surface area contributed by atoms with Crippen molar-refractivity contribution in [3.8, 4) is 17.0 Å². The van der Waals surface area contributed by atoms with Gasteiger partial charge in [-0.2, -0.15) is 0 Å². The first-order valence-electron chi connectivity index (χ1n) is 12.9. The first kappa shape index (κ1) is 27.5. The molecule has 198 valence electrons. The van der Waals surface area contributed by atoms with Gasteiger partial charge in [0, 0.05) is 17.5 Å². The molecule has 0 bridgehead atoms. The number of rotatable bonds is 13. The predicted molar refractivity (Wildman–Crippen MR) is 150 cm³/mol. The zero-order valence-corrected chi connectivity index (χ0v) is 22.6. The van der Waals surface area contributed by atoms with Gasteiger partial charge in [-0.1, -0.05) is 50.2 Å². The number of aliphatic carboxylic acids is 1. The molecule has 0 amide bonds. The summed E-state index contributed by atoms with van der Waals surface area (Å²) in [6, 6.07) is 22.7. The Morgan fingerprint density at radius 3 is 2.24 bits per heavy atom. The summed E-state index contributed by atoms with van der Waals surface area (Å²) in [6.45, 7) is 5.63. The molecule has 4 aromatic rings. The largest absolute Gasteiger partial charge is 0.489 e. The van der Waals surface area contributed by atoms with E-state index in [1.807, 2.05) is 29.6 Å². The van der Waals surface area contributed by atoms with Crippen LogP contribution in [-0.4, -0.2) is 27.5 Å². The van der Waals surface area contributed by atoms with Gasteiger partial charge in [-0.25, -0.2) is 9.37 Å². The number of hydrogen-bond donors (Lipinski definition) is 1. The van der Waals surface area contributed by atoms with E-state index in [4.69, 9.17) is 9.72 Å². The van der Waals surface area contributed by atoms with Crippen molar-refractivity contribution in [2.75, 3.05) is 6.54 Å². The van der Waals surface area contributed by atoms with Gasteiger partial charge in [-0.15, -0.1) is 11.3 Å². The van der Waals surface area contributed by atoms with Crippen LogP contribution in [0.3, 0.4) is 0 Å². The predicted octanol–water partition coefficient (Wildman–Crippen LogP) is 7.52. The molecule has 38 heavy (non-hydrogen) atoms. The highest BCUT2D eigenvalue weighted by Crippen LogP contribution is 2.26. The SMILES string of the molecule is CCC(CC)c1ccc(COc2ccc(-c3csc(CN(CC(=O)O)Cc4ccc(F)cc4)n3)cc2)cc1. The number of hydrogen-bond acceptors (Lipinski definition) is 5. The lowest BCUT2D eigenvalue weighted by atomic mass is 9.93. The fourth-order valence-corrected chi connectivity index (χ4v) is 5.29. The molecule has 0 aliphatic heterocycles. The highest BCUT2D eigenvalue weighted by Gasteiger charge is 2.14. The molecule has 0 radical (unpaired) electrons. The Balaban J connectivity index is 1.35. The minimum Gasteiger partial charge on any atom is -0.489 e. The van der Waals surface area contributed by atoms with Gasteiger partial charge in [0.25, 0.3) is 0 Å². The summed E-state index contributed by atoms with van der Waals surface area (Å²) in [6.07, 6.45) is 2.30. The van der Waals surface area contributed by atoms with E-state index in [-0.39, 0.29) is 12.4 Å². The number of carboxylic acid groups (broad SMARTS) is 1. The van der Waals surface area contributed by atoms with Gasteiger partial charge in [-0.05, 0) is 71.8 Å². The zero-order chi connectivity index (χ0) is 26.9. The lowest BCUT2D eigenvalue weighted by Crippen LogP contribution is -2.28. The van der Waals surface area contributed by atoms with Crippen molar-refractivity contribution in [2.45, 2.75) is 52.3 Å². The van der Waals surface area contributed by atoms with Gasteiger partial charge in [0.2, 0.25) is 0 Å². The number of ether oxygens (including phenoxy) is 1. The fraction of sp³-hybridized carbons (Fsp3) is 0.290. The lowest BCUT2D eigenvalue weighted by molar-refractivity contribution is -0.138. The Labute approximate surface area is 227 Å². The number of carboxylic acids is 1. The molecule has 0 saturated heterocycles. The third-order valence-electron chi connectivity index (χ3n) is 6.58. The van der Waals surface area contributed by atoms with Crippen LogP contribution in [0.1, 0.15) is 54.3 Å². The summed E-state index contributed by atoms with van der Waals surface area (Å²) >= 11 is 1.49. The van der Waals surface area contributed by atoms with Crippen molar-refractivity contribution < 1.29 is 19.0 Å². The van der Waals surface area contributed by atoms with E-state index in [1.165, 1.54) is 29.0 Å². The van der Waals surface area contributed by atoms with Gasteiger partial charge >= 0.3 is 5.97 Å². The van der Waals surface area contributed by atoms with Crippen molar-refractivity contribution >= 4 is 17.3 Å². The molecule has 3 aromatic carbocycles. The van der Waals surface area contributed by atoms with E-state index in [9.17, 15) is 14.3 Å². The van der Waals surface area contributed by atoms with E-state index in [2.05, 4.69) is 38.1 Å². The van der Waals surface area contributed by atoms with Crippen LogP contribution in [0.15, 0.2) is 78.2 Å². The van der Waals surface area contributed by atoms with Crippen LogP contribution in [0.4, 0.5) is 4.39 Å². The minimum absolute atomic E-state index is 0.126. The Morgan fingerprint density at radius 2 is 1.61 bits per heavy atom. The van der Waals surface area contributed by atoms with Crippen molar-refractivity contribution in [1.29, 1.82) is 0 Å². The molecular formula is C31H33FN2O3S. The normalized spacial score (nSPS) is 11.3. The average molecular weight is 533 g/mol. The summed E-state index contributed by atoms with van der Waals surface area (Å²) < 4.78 is 19.2. The molecule has 1 heterocycles. The van der Waals surface area contributed by atoms with Crippen LogP contribution in [0, 0.1) is 5.82 Å². The molecule has 0 aliphatic rings. The number of halogens is 1. The summed E-state index contributed by atoms with van der Waals surface area (Å²) in [4.78, 5) is 17.9. The second kappa shape index (κ2) is 13.3. The van der Waals surface area contributed by atoms with Crippen LogP contribution in [0.5, 0.6) is 5.75 Å². The van der Waals surface area contributed by atoms with Crippen molar-refractivity contribution in [2.24, 2.45) is 0 Å². The first-order chi connectivity index (χ1) is 18.4. The third-order valence-corrected chi connectivity index (χ3v) is 7.41. The lowest BCUT2D eigenvalue weighted by Gasteiger charge is -2.19. The summed E-state index contributed by atoms with van der Waals surface area (Å²) in [5.74, 6) is 0.172. The van der Waals surface area contributed by atoms with E-state index in [1.54, 1.807) is 17.0 Å². The van der Waals surface area contributed by atoms with Crippen LogP contribution >= 0.6 is 11.3 Å². The highest BCUT2D eigenvalue weighted by molar-refractivity contribution is 7.09. The van der Waals surface area contributed by atoms with Crippen molar-refractivity contribution in [3.63, 3.8) is 0 Å². The topological polar surface area (TPSA) is 62.7 Å². The maximum absolute atomic E-state index is 13.2. The summed E-state index contributed by atoms with van der Waals surface area (Å²) in [7, 11) is 0. The van der Waals surface area contributed by atoms with Crippen molar-refractivity contribution in [3.05, 3.63) is 106 Å². The zero-order valence-electron chi connectivity index (χ0n) is 21.8. The number of nitrogens with zero attached hydrogens (tertiary/aromatic N) is 2. The standard InChI is InChI=1S/C31H33FN2O3S/c1-3-24(4-2)25-9-5-23(6-10-25)20-37-28-15-11-26(12-16-28)29-21-38-30(33-29)18-34(19-31(35)36)17-22-7-13-27(32)14-8-22/h5-16,21,24H,3-4,17-20H2,1-2H3,(H,35,36). The second-order valence-electron chi connectivity index (χ2n) is 9.36. The molecule has 0 saturated carbocycles. The molecule has 1 N–H and O–H groups in total. The van der Waals surface area contributed by atoms with Crippen LogP contribution < -0.4 is 4.74 Å². The third kappa shape index (κ3) is 7.73. The monoisotopic (exact) mass is 532 g/mol. The average Bonchev–Trinajstić information content (AvgIpc) is 3.38. The Morgan fingerprint density at radius 1 is 0.947 bits per heavy atom. The van der Waals surface area contributed by atoms with Gasteiger partial charge < -0.3 is 9.84 Å². The highest BCUT2D eigenvalue weighted by atomic mass is 32.1.